The Hall–Kier alpha value is -1.12. The van der Waals surface area contributed by atoms with Crippen molar-refractivity contribution in [1.29, 1.82) is 0 Å². The third-order valence-electron chi connectivity index (χ3n) is 3.64. The fourth-order valence-electron chi connectivity index (χ4n) is 2.39. The van der Waals surface area contributed by atoms with Crippen molar-refractivity contribution in [2.45, 2.75) is 46.1 Å². The molecule has 1 aliphatic carbocycles. The average Bonchev–Trinajstić information content (AvgIpc) is 2.81. The van der Waals surface area contributed by atoms with E-state index in [1.807, 2.05) is 10.9 Å². The van der Waals surface area contributed by atoms with Crippen LogP contribution in [-0.4, -0.2) is 15.6 Å². The summed E-state index contributed by atoms with van der Waals surface area (Å²) in [7, 11) is 0. The average molecular weight is 220 g/mol. The van der Waals surface area contributed by atoms with Crippen molar-refractivity contribution < 1.29 is 4.79 Å². The van der Waals surface area contributed by atoms with Gasteiger partial charge in [0.1, 0.15) is 5.78 Å². The topological polar surface area (TPSA) is 34.9 Å². The highest BCUT2D eigenvalue weighted by Gasteiger charge is 2.31. The number of hydrogen-bond donors (Lipinski definition) is 0. The number of aromatic nitrogens is 2. The van der Waals surface area contributed by atoms with Crippen molar-refractivity contribution in [2.24, 2.45) is 11.8 Å². The fourth-order valence-corrected chi connectivity index (χ4v) is 2.39. The molecule has 3 nitrogen and oxygen atoms in total. The first-order chi connectivity index (χ1) is 7.58. The van der Waals surface area contributed by atoms with Crippen LogP contribution in [0, 0.1) is 11.8 Å². The molecule has 0 spiro atoms. The lowest BCUT2D eigenvalue weighted by Gasteiger charge is -2.12. The molecule has 3 heteroatoms. The van der Waals surface area contributed by atoms with Gasteiger partial charge < -0.3 is 0 Å². The van der Waals surface area contributed by atoms with Crippen LogP contribution < -0.4 is 0 Å². The molecular weight excluding hydrogens is 200 g/mol. The van der Waals surface area contributed by atoms with Crippen LogP contribution in [0.2, 0.25) is 0 Å². The van der Waals surface area contributed by atoms with E-state index in [0.717, 1.165) is 25.0 Å². The van der Waals surface area contributed by atoms with Gasteiger partial charge in [0.2, 0.25) is 0 Å². The van der Waals surface area contributed by atoms with Gasteiger partial charge in [0, 0.05) is 24.6 Å². The Morgan fingerprint density at radius 1 is 1.56 bits per heavy atom. The Morgan fingerprint density at radius 3 is 2.81 bits per heavy atom. The second-order valence-corrected chi connectivity index (χ2v) is 5.14. The molecule has 0 radical (unpaired) electrons. The standard InChI is InChI=1S/C13H20N2O/c1-9(2)15-7-6-12(14-15)8-11-4-5-13(16)10(11)3/h6-7,9-11H,4-5,8H2,1-3H3. The first-order valence-corrected chi connectivity index (χ1v) is 6.14. The van der Waals surface area contributed by atoms with Gasteiger partial charge in [-0.15, -0.1) is 0 Å². The van der Waals surface area contributed by atoms with Crippen LogP contribution in [0.15, 0.2) is 12.3 Å². The minimum Gasteiger partial charge on any atom is -0.299 e. The predicted octanol–water partition coefficient (Wildman–Crippen LogP) is 2.62. The summed E-state index contributed by atoms with van der Waals surface area (Å²) in [5.74, 6) is 1.15. The molecule has 1 aromatic rings. The number of carbonyl (C=O) groups is 1. The van der Waals surface area contributed by atoms with Gasteiger partial charge in [0.05, 0.1) is 5.69 Å². The minimum atomic E-state index is 0.226. The Balaban J connectivity index is 2.01. The lowest BCUT2D eigenvalue weighted by molar-refractivity contribution is -0.120. The maximum Gasteiger partial charge on any atom is 0.136 e. The molecule has 0 aromatic carbocycles. The van der Waals surface area contributed by atoms with Crippen LogP contribution in [-0.2, 0) is 11.2 Å². The Labute approximate surface area is 96.8 Å². The molecule has 1 heterocycles. The van der Waals surface area contributed by atoms with E-state index in [1.54, 1.807) is 0 Å². The summed E-state index contributed by atoms with van der Waals surface area (Å²) >= 11 is 0. The summed E-state index contributed by atoms with van der Waals surface area (Å²) in [5, 5.41) is 4.54. The molecule has 0 N–H and O–H groups in total. The van der Waals surface area contributed by atoms with Crippen molar-refractivity contribution in [3.05, 3.63) is 18.0 Å². The minimum absolute atomic E-state index is 0.226. The Bertz CT molecular complexity index is 381. The van der Waals surface area contributed by atoms with Gasteiger partial charge in [0.15, 0.2) is 0 Å². The van der Waals surface area contributed by atoms with Gasteiger partial charge in [-0.3, -0.25) is 9.48 Å². The number of hydrogen-bond acceptors (Lipinski definition) is 2. The third kappa shape index (κ3) is 2.18. The number of nitrogens with zero attached hydrogens (tertiary/aromatic N) is 2. The highest BCUT2D eigenvalue weighted by molar-refractivity contribution is 5.83. The smallest absolute Gasteiger partial charge is 0.136 e. The third-order valence-corrected chi connectivity index (χ3v) is 3.64. The summed E-state index contributed by atoms with van der Waals surface area (Å²) in [6.07, 6.45) is 4.78. The van der Waals surface area contributed by atoms with E-state index < -0.39 is 0 Å². The monoisotopic (exact) mass is 220 g/mol. The molecule has 2 atom stereocenters. The second-order valence-electron chi connectivity index (χ2n) is 5.14. The number of Topliss-reactive ketones (excluding diaryl/α,β-unsaturated/α-hetero) is 1. The highest BCUT2D eigenvalue weighted by atomic mass is 16.1. The molecule has 0 aliphatic heterocycles. The molecule has 0 amide bonds. The van der Waals surface area contributed by atoms with Crippen LogP contribution in [0.5, 0.6) is 0 Å². The van der Waals surface area contributed by atoms with Crippen molar-refractivity contribution in [1.82, 2.24) is 9.78 Å². The summed E-state index contributed by atoms with van der Waals surface area (Å²) in [6.45, 7) is 6.30. The van der Waals surface area contributed by atoms with Gasteiger partial charge in [0.25, 0.3) is 0 Å². The van der Waals surface area contributed by atoms with Crippen LogP contribution in [0.4, 0.5) is 0 Å². The number of carbonyl (C=O) groups excluding carboxylic acids is 1. The first kappa shape index (κ1) is 11.4. The van der Waals surface area contributed by atoms with E-state index in [9.17, 15) is 4.79 Å². The second kappa shape index (κ2) is 4.40. The van der Waals surface area contributed by atoms with Crippen LogP contribution in [0.25, 0.3) is 0 Å². The zero-order valence-electron chi connectivity index (χ0n) is 10.3. The van der Waals surface area contributed by atoms with E-state index in [1.165, 1.54) is 0 Å². The summed E-state index contributed by atoms with van der Waals surface area (Å²) in [5.41, 5.74) is 1.13. The van der Waals surface area contributed by atoms with Gasteiger partial charge in [-0.1, -0.05) is 6.92 Å². The molecule has 1 aliphatic rings. The van der Waals surface area contributed by atoms with Gasteiger partial charge >= 0.3 is 0 Å². The Morgan fingerprint density at radius 2 is 2.31 bits per heavy atom. The first-order valence-electron chi connectivity index (χ1n) is 6.14. The maximum absolute atomic E-state index is 11.5. The summed E-state index contributed by atoms with van der Waals surface area (Å²) < 4.78 is 1.98. The van der Waals surface area contributed by atoms with E-state index in [2.05, 4.69) is 31.9 Å². The highest BCUT2D eigenvalue weighted by Crippen LogP contribution is 2.30. The van der Waals surface area contributed by atoms with Crippen molar-refractivity contribution in [2.75, 3.05) is 0 Å². The summed E-state index contributed by atoms with van der Waals surface area (Å²) in [6, 6.07) is 2.49. The molecule has 16 heavy (non-hydrogen) atoms. The normalized spacial score (nSPS) is 25.6. The fraction of sp³-hybridized carbons (Fsp3) is 0.692. The van der Waals surface area contributed by atoms with Crippen molar-refractivity contribution in [3.8, 4) is 0 Å². The lowest BCUT2D eigenvalue weighted by atomic mass is 9.93. The molecular formula is C13H20N2O. The van der Waals surface area contributed by atoms with Gasteiger partial charge in [-0.2, -0.15) is 5.10 Å². The lowest BCUT2D eigenvalue weighted by Crippen LogP contribution is -2.13. The van der Waals surface area contributed by atoms with Crippen LogP contribution in [0.1, 0.15) is 45.3 Å². The molecule has 2 rings (SSSR count). The van der Waals surface area contributed by atoms with E-state index >= 15 is 0 Å². The van der Waals surface area contributed by atoms with Crippen LogP contribution >= 0.6 is 0 Å². The van der Waals surface area contributed by atoms with E-state index in [4.69, 9.17) is 0 Å². The maximum atomic E-state index is 11.5. The van der Waals surface area contributed by atoms with Gasteiger partial charge in [-0.25, -0.2) is 0 Å². The largest absolute Gasteiger partial charge is 0.299 e. The van der Waals surface area contributed by atoms with Crippen molar-refractivity contribution in [3.63, 3.8) is 0 Å². The molecule has 0 saturated heterocycles. The molecule has 88 valence electrons. The summed E-state index contributed by atoms with van der Waals surface area (Å²) in [4.78, 5) is 11.5. The number of ketones is 1. The van der Waals surface area contributed by atoms with Crippen molar-refractivity contribution >= 4 is 5.78 Å². The SMILES string of the molecule is CC1C(=O)CCC1Cc1ccn(C(C)C)n1. The molecule has 2 unspecified atom stereocenters. The quantitative estimate of drug-likeness (QED) is 0.784. The molecule has 0 bridgehead atoms. The zero-order chi connectivity index (χ0) is 11.7. The number of rotatable bonds is 3. The van der Waals surface area contributed by atoms with E-state index in [-0.39, 0.29) is 5.92 Å². The van der Waals surface area contributed by atoms with E-state index in [0.29, 0.717) is 17.7 Å². The molecule has 1 saturated carbocycles. The predicted molar refractivity (Wildman–Crippen MR) is 63.2 cm³/mol. The molecule has 1 aromatic heterocycles. The molecule has 1 fully saturated rings. The van der Waals surface area contributed by atoms with Gasteiger partial charge in [-0.05, 0) is 38.7 Å². The van der Waals surface area contributed by atoms with Crippen LogP contribution in [0.3, 0.4) is 0 Å². The Kier molecular flexibility index (Phi) is 3.13. The zero-order valence-corrected chi connectivity index (χ0v) is 10.3.